The van der Waals surface area contributed by atoms with Crippen LogP contribution in [0.2, 0.25) is 5.02 Å². The van der Waals surface area contributed by atoms with E-state index < -0.39 is 4.92 Å². The maximum atomic E-state index is 10.6. The predicted molar refractivity (Wildman–Crippen MR) is 68.4 cm³/mol. The molecule has 0 aliphatic rings. The van der Waals surface area contributed by atoms with Crippen molar-refractivity contribution in [3.8, 4) is 0 Å². The van der Waals surface area contributed by atoms with Crippen LogP contribution >= 0.6 is 11.6 Å². The summed E-state index contributed by atoms with van der Waals surface area (Å²) in [5.41, 5.74) is 0.818. The van der Waals surface area contributed by atoms with Crippen molar-refractivity contribution >= 4 is 17.3 Å². The number of likely N-dealkylation sites (N-methyl/N-ethyl adjacent to an activating group) is 1. The summed E-state index contributed by atoms with van der Waals surface area (Å²) < 4.78 is 0. The molecule has 0 atom stereocenters. The fraction of sp³-hybridized carbons (Fsp3) is 0.455. The van der Waals surface area contributed by atoms with Crippen LogP contribution in [0.4, 0.5) is 5.69 Å². The van der Waals surface area contributed by atoms with Gasteiger partial charge in [-0.3, -0.25) is 10.1 Å². The minimum Gasteiger partial charge on any atom is -0.311 e. The molecule has 6 heteroatoms. The van der Waals surface area contributed by atoms with Crippen molar-refractivity contribution in [2.45, 2.75) is 6.54 Å². The van der Waals surface area contributed by atoms with E-state index in [-0.39, 0.29) is 5.69 Å². The molecule has 0 radical (unpaired) electrons. The van der Waals surface area contributed by atoms with Crippen molar-refractivity contribution in [1.82, 2.24) is 10.2 Å². The summed E-state index contributed by atoms with van der Waals surface area (Å²) in [6.07, 6.45) is 0. The molecule has 0 amide bonds. The molecule has 0 spiro atoms. The molecule has 94 valence electrons. The van der Waals surface area contributed by atoms with Gasteiger partial charge in [-0.15, -0.1) is 0 Å². The maximum absolute atomic E-state index is 10.6. The number of hydrogen-bond donors (Lipinski definition) is 1. The monoisotopic (exact) mass is 257 g/mol. The van der Waals surface area contributed by atoms with Crippen LogP contribution in [0.15, 0.2) is 18.2 Å². The van der Waals surface area contributed by atoms with Crippen molar-refractivity contribution in [3.05, 3.63) is 38.9 Å². The number of non-ortho nitro benzene ring substituents is 1. The fourth-order valence-electron chi connectivity index (χ4n) is 1.34. The first-order chi connectivity index (χ1) is 8.00. The first kappa shape index (κ1) is 13.9. The van der Waals surface area contributed by atoms with E-state index in [4.69, 9.17) is 11.6 Å². The van der Waals surface area contributed by atoms with Gasteiger partial charge in [0.15, 0.2) is 0 Å². The Kier molecular flexibility index (Phi) is 5.34. The normalized spacial score (nSPS) is 10.8. The van der Waals surface area contributed by atoms with E-state index in [1.165, 1.54) is 12.1 Å². The molecule has 1 aromatic rings. The zero-order valence-electron chi connectivity index (χ0n) is 9.94. The van der Waals surface area contributed by atoms with Gasteiger partial charge in [0.05, 0.1) is 4.92 Å². The van der Waals surface area contributed by atoms with E-state index in [0.717, 1.165) is 18.7 Å². The lowest BCUT2D eigenvalue weighted by atomic mass is 10.2. The molecule has 0 unspecified atom stereocenters. The van der Waals surface area contributed by atoms with Gasteiger partial charge < -0.3 is 10.2 Å². The van der Waals surface area contributed by atoms with Gasteiger partial charge in [-0.1, -0.05) is 11.6 Å². The lowest BCUT2D eigenvalue weighted by molar-refractivity contribution is -0.384. The SMILES string of the molecule is CN(C)CCNCc1cc([N+](=O)[O-])ccc1Cl. The lowest BCUT2D eigenvalue weighted by Crippen LogP contribution is -2.26. The molecular weight excluding hydrogens is 242 g/mol. The van der Waals surface area contributed by atoms with Gasteiger partial charge in [0, 0.05) is 36.8 Å². The highest BCUT2D eigenvalue weighted by molar-refractivity contribution is 6.31. The average Bonchev–Trinajstić information content (AvgIpc) is 2.25. The van der Waals surface area contributed by atoms with Crippen LogP contribution in [0.5, 0.6) is 0 Å². The summed E-state index contributed by atoms with van der Waals surface area (Å²) in [7, 11) is 3.98. The van der Waals surface area contributed by atoms with E-state index in [1.54, 1.807) is 6.07 Å². The largest absolute Gasteiger partial charge is 0.311 e. The van der Waals surface area contributed by atoms with Crippen molar-refractivity contribution in [1.29, 1.82) is 0 Å². The van der Waals surface area contributed by atoms with Crippen LogP contribution in [-0.2, 0) is 6.54 Å². The van der Waals surface area contributed by atoms with Gasteiger partial charge in [0.1, 0.15) is 0 Å². The molecule has 0 saturated heterocycles. The number of rotatable bonds is 6. The third kappa shape index (κ3) is 4.68. The highest BCUT2D eigenvalue weighted by Crippen LogP contribution is 2.21. The Morgan fingerprint density at radius 2 is 2.18 bits per heavy atom. The molecular formula is C11H16ClN3O2. The smallest absolute Gasteiger partial charge is 0.269 e. The molecule has 0 fully saturated rings. The van der Waals surface area contributed by atoms with Crippen LogP contribution < -0.4 is 5.32 Å². The Morgan fingerprint density at radius 1 is 1.47 bits per heavy atom. The molecule has 0 aromatic heterocycles. The first-order valence-electron chi connectivity index (χ1n) is 5.29. The number of nitro groups is 1. The first-order valence-corrected chi connectivity index (χ1v) is 5.67. The van der Waals surface area contributed by atoms with Crippen LogP contribution in [-0.4, -0.2) is 37.0 Å². The Hall–Kier alpha value is -1.17. The minimum absolute atomic E-state index is 0.0683. The summed E-state index contributed by atoms with van der Waals surface area (Å²) in [5, 5.41) is 14.4. The maximum Gasteiger partial charge on any atom is 0.269 e. The molecule has 5 nitrogen and oxygen atoms in total. The molecule has 1 N–H and O–H groups in total. The van der Waals surface area contributed by atoms with Crippen LogP contribution in [0.25, 0.3) is 0 Å². The highest BCUT2D eigenvalue weighted by atomic mass is 35.5. The standard InChI is InChI=1S/C11H16ClN3O2/c1-14(2)6-5-13-8-9-7-10(15(16)17)3-4-11(9)12/h3-4,7,13H,5-6,8H2,1-2H3. The molecule has 1 aromatic carbocycles. The second kappa shape index (κ2) is 6.54. The summed E-state index contributed by atoms with van der Waals surface area (Å²) in [4.78, 5) is 12.3. The van der Waals surface area contributed by atoms with Gasteiger partial charge in [-0.25, -0.2) is 0 Å². The fourth-order valence-corrected chi connectivity index (χ4v) is 1.52. The summed E-state index contributed by atoms with van der Waals surface area (Å²) >= 11 is 5.97. The predicted octanol–water partition coefficient (Wildman–Crippen LogP) is 1.90. The van der Waals surface area contributed by atoms with Crippen molar-refractivity contribution < 1.29 is 4.92 Å². The quantitative estimate of drug-likeness (QED) is 0.480. The Labute approximate surface area is 106 Å². The molecule has 0 saturated carbocycles. The average molecular weight is 258 g/mol. The molecule has 0 aliphatic carbocycles. The Balaban J connectivity index is 2.57. The lowest BCUT2D eigenvalue weighted by Gasteiger charge is -2.10. The summed E-state index contributed by atoms with van der Waals surface area (Å²) in [6, 6.07) is 4.47. The number of halogens is 1. The Morgan fingerprint density at radius 3 is 2.76 bits per heavy atom. The van der Waals surface area contributed by atoms with Gasteiger partial charge in [0.25, 0.3) is 5.69 Å². The summed E-state index contributed by atoms with van der Waals surface area (Å²) in [5.74, 6) is 0. The molecule has 1 rings (SSSR count). The zero-order valence-corrected chi connectivity index (χ0v) is 10.7. The second-order valence-corrected chi connectivity index (χ2v) is 4.42. The van der Waals surface area contributed by atoms with Crippen molar-refractivity contribution in [3.63, 3.8) is 0 Å². The number of nitrogens with zero attached hydrogens (tertiary/aromatic N) is 2. The molecule has 0 aliphatic heterocycles. The number of benzene rings is 1. The summed E-state index contributed by atoms with van der Waals surface area (Å²) in [6.45, 7) is 2.26. The van der Waals surface area contributed by atoms with Crippen LogP contribution in [0.1, 0.15) is 5.56 Å². The second-order valence-electron chi connectivity index (χ2n) is 4.01. The molecule has 0 bridgehead atoms. The van der Waals surface area contributed by atoms with Crippen molar-refractivity contribution in [2.24, 2.45) is 0 Å². The van der Waals surface area contributed by atoms with Gasteiger partial charge >= 0.3 is 0 Å². The van der Waals surface area contributed by atoms with Gasteiger partial charge in [0.2, 0.25) is 0 Å². The molecule has 0 heterocycles. The van der Waals surface area contributed by atoms with E-state index in [9.17, 15) is 10.1 Å². The third-order valence-corrected chi connectivity index (χ3v) is 2.66. The minimum atomic E-state index is -0.417. The van der Waals surface area contributed by atoms with E-state index in [0.29, 0.717) is 11.6 Å². The van der Waals surface area contributed by atoms with Crippen LogP contribution in [0, 0.1) is 10.1 Å². The van der Waals surface area contributed by atoms with Crippen molar-refractivity contribution in [2.75, 3.05) is 27.2 Å². The van der Waals surface area contributed by atoms with E-state index >= 15 is 0 Å². The van der Waals surface area contributed by atoms with Gasteiger partial charge in [-0.2, -0.15) is 0 Å². The number of nitro benzene ring substituents is 1. The van der Waals surface area contributed by atoms with E-state index in [1.807, 2.05) is 14.1 Å². The topological polar surface area (TPSA) is 58.4 Å². The van der Waals surface area contributed by atoms with Crippen LogP contribution in [0.3, 0.4) is 0 Å². The zero-order chi connectivity index (χ0) is 12.8. The highest BCUT2D eigenvalue weighted by Gasteiger charge is 2.09. The number of hydrogen-bond acceptors (Lipinski definition) is 4. The number of nitrogens with one attached hydrogen (secondary N) is 1. The third-order valence-electron chi connectivity index (χ3n) is 2.29. The van der Waals surface area contributed by atoms with E-state index in [2.05, 4.69) is 10.2 Å². The van der Waals surface area contributed by atoms with Gasteiger partial charge in [-0.05, 0) is 25.7 Å². The molecule has 17 heavy (non-hydrogen) atoms. The Bertz CT molecular complexity index is 396.